The predicted octanol–water partition coefficient (Wildman–Crippen LogP) is 3.28. The summed E-state index contributed by atoms with van der Waals surface area (Å²) in [4.78, 5) is 12.2. The van der Waals surface area contributed by atoms with Crippen molar-refractivity contribution in [3.05, 3.63) is 30.0 Å². The predicted molar refractivity (Wildman–Crippen MR) is 82.3 cm³/mol. The molecular weight excluding hydrogens is 288 g/mol. The normalized spacial score (nSPS) is 22.3. The summed E-state index contributed by atoms with van der Waals surface area (Å²) >= 11 is 6.00. The molecule has 2 atom stereocenters. The summed E-state index contributed by atoms with van der Waals surface area (Å²) in [5.74, 6) is 0.993. The molecule has 5 heteroatoms. The van der Waals surface area contributed by atoms with Crippen LogP contribution in [0.15, 0.2) is 28.8 Å². The van der Waals surface area contributed by atoms with E-state index in [1.54, 1.807) is 0 Å². The highest BCUT2D eigenvalue weighted by molar-refractivity contribution is 6.18. The third kappa shape index (κ3) is 3.21. The number of hydrogen-bond acceptors (Lipinski definition) is 3. The van der Waals surface area contributed by atoms with Crippen molar-refractivity contribution in [3.63, 3.8) is 0 Å². The standard InChI is InChI=1S/C16H19ClN2O2/c17-10-11-5-1-3-7-13(11)18-16(20)9-14-12-6-2-4-8-15(12)21-19-14/h2,4,6,8,11,13H,1,3,5,7,9-10H2,(H,18,20). The Labute approximate surface area is 128 Å². The van der Waals surface area contributed by atoms with Gasteiger partial charge >= 0.3 is 0 Å². The van der Waals surface area contributed by atoms with Crippen LogP contribution in [0.5, 0.6) is 0 Å². The fraction of sp³-hybridized carbons (Fsp3) is 0.500. The van der Waals surface area contributed by atoms with Crippen molar-refractivity contribution in [2.45, 2.75) is 38.1 Å². The third-order valence-electron chi connectivity index (χ3n) is 4.23. The van der Waals surface area contributed by atoms with Crippen LogP contribution in [-0.4, -0.2) is 23.0 Å². The second-order valence-corrected chi connectivity index (χ2v) is 5.98. The molecule has 1 aromatic carbocycles. The van der Waals surface area contributed by atoms with Crippen molar-refractivity contribution >= 4 is 28.5 Å². The molecule has 1 aromatic heterocycles. The Kier molecular flexibility index (Phi) is 4.44. The highest BCUT2D eigenvalue weighted by atomic mass is 35.5. The maximum Gasteiger partial charge on any atom is 0.226 e. The molecule has 1 fully saturated rings. The fourth-order valence-corrected chi connectivity index (χ4v) is 3.43. The van der Waals surface area contributed by atoms with Gasteiger partial charge < -0.3 is 9.84 Å². The van der Waals surface area contributed by atoms with Crippen molar-refractivity contribution in [1.29, 1.82) is 0 Å². The molecule has 0 saturated heterocycles. The van der Waals surface area contributed by atoms with Gasteiger partial charge in [0.15, 0.2) is 5.58 Å². The number of carbonyl (C=O) groups is 1. The van der Waals surface area contributed by atoms with Gasteiger partial charge in [-0.2, -0.15) is 0 Å². The number of para-hydroxylation sites is 1. The molecular formula is C16H19ClN2O2. The lowest BCUT2D eigenvalue weighted by molar-refractivity contribution is -0.121. The molecule has 1 heterocycles. The Morgan fingerprint density at radius 1 is 1.33 bits per heavy atom. The molecule has 2 aromatic rings. The quantitative estimate of drug-likeness (QED) is 0.882. The van der Waals surface area contributed by atoms with Crippen LogP contribution in [-0.2, 0) is 11.2 Å². The molecule has 0 aliphatic heterocycles. The van der Waals surface area contributed by atoms with E-state index in [1.807, 2.05) is 24.3 Å². The first-order valence-corrected chi connectivity index (χ1v) is 8.00. The second kappa shape index (κ2) is 6.48. The summed E-state index contributed by atoms with van der Waals surface area (Å²) < 4.78 is 5.23. The highest BCUT2D eigenvalue weighted by Crippen LogP contribution is 2.25. The molecule has 0 bridgehead atoms. The lowest BCUT2D eigenvalue weighted by atomic mass is 9.85. The monoisotopic (exact) mass is 306 g/mol. The molecule has 1 aliphatic rings. The SMILES string of the molecule is O=C(Cc1noc2ccccc12)NC1CCCCC1CCl. The van der Waals surface area contributed by atoms with Crippen molar-refractivity contribution in [2.75, 3.05) is 5.88 Å². The van der Waals surface area contributed by atoms with E-state index in [0.717, 1.165) is 30.2 Å². The van der Waals surface area contributed by atoms with Crippen LogP contribution in [0.2, 0.25) is 0 Å². The Hall–Kier alpha value is -1.55. The van der Waals surface area contributed by atoms with Crippen molar-refractivity contribution in [3.8, 4) is 0 Å². The van der Waals surface area contributed by atoms with Gasteiger partial charge in [0.1, 0.15) is 5.69 Å². The zero-order chi connectivity index (χ0) is 14.7. The van der Waals surface area contributed by atoms with Crippen molar-refractivity contribution in [2.24, 2.45) is 5.92 Å². The van der Waals surface area contributed by atoms with Gasteiger partial charge in [-0.3, -0.25) is 4.79 Å². The largest absolute Gasteiger partial charge is 0.356 e. The second-order valence-electron chi connectivity index (χ2n) is 5.68. The van der Waals surface area contributed by atoms with Crippen LogP contribution in [0.25, 0.3) is 11.0 Å². The maximum atomic E-state index is 12.2. The smallest absolute Gasteiger partial charge is 0.226 e. The van der Waals surface area contributed by atoms with Crippen molar-refractivity contribution < 1.29 is 9.32 Å². The molecule has 112 valence electrons. The summed E-state index contributed by atoms with van der Waals surface area (Å²) in [5, 5.41) is 8.03. The summed E-state index contributed by atoms with van der Waals surface area (Å²) in [5.41, 5.74) is 1.41. The van der Waals surface area contributed by atoms with E-state index in [2.05, 4.69) is 10.5 Å². The summed E-state index contributed by atoms with van der Waals surface area (Å²) in [7, 11) is 0. The average Bonchev–Trinajstić information content (AvgIpc) is 2.91. The molecule has 2 unspecified atom stereocenters. The molecule has 21 heavy (non-hydrogen) atoms. The Morgan fingerprint density at radius 2 is 2.14 bits per heavy atom. The van der Waals surface area contributed by atoms with Crippen LogP contribution in [0.4, 0.5) is 0 Å². The Bertz CT molecular complexity index is 626. The zero-order valence-electron chi connectivity index (χ0n) is 11.8. The van der Waals surface area contributed by atoms with Crippen LogP contribution in [0.3, 0.4) is 0 Å². The number of halogens is 1. The summed E-state index contributed by atoms with van der Waals surface area (Å²) in [6, 6.07) is 7.79. The number of amides is 1. The van der Waals surface area contributed by atoms with E-state index >= 15 is 0 Å². The number of fused-ring (bicyclic) bond motifs is 1. The topological polar surface area (TPSA) is 55.1 Å². The minimum Gasteiger partial charge on any atom is -0.356 e. The van der Waals surface area contributed by atoms with E-state index in [0.29, 0.717) is 17.5 Å². The first kappa shape index (κ1) is 14.4. The van der Waals surface area contributed by atoms with Gasteiger partial charge in [-0.25, -0.2) is 0 Å². The minimum absolute atomic E-state index is 0.00364. The van der Waals surface area contributed by atoms with Gasteiger partial charge in [-0.15, -0.1) is 11.6 Å². The van der Waals surface area contributed by atoms with Gasteiger partial charge in [0.05, 0.1) is 6.42 Å². The molecule has 0 spiro atoms. The highest BCUT2D eigenvalue weighted by Gasteiger charge is 2.26. The van der Waals surface area contributed by atoms with Gasteiger partial charge in [-0.05, 0) is 30.9 Å². The number of benzene rings is 1. The number of hydrogen-bond donors (Lipinski definition) is 1. The molecule has 1 amide bonds. The summed E-state index contributed by atoms with van der Waals surface area (Å²) in [6.45, 7) is 0. The van der Waals surface area contributed by atoms with Gasteiger partial charge in [0, 0.05) is 17.3 Å². The van der Waals surface area contributed by atoms with E-state index in [9.17, 15) is 4.79 Å². The first-order chi connectivity index (χ1) is 10.3. The van der Waals surface area contributed by atoms with E-state index in [4.69, 9.17) is 16.1 Å². The number of nitrogens with one attached hydrogen (secondary N) is 1. The molecule has 1 saturated carbocycles. The number of carbonyl (C=O) groups excluding carboxylic acids is 1. The molecule has 1 aliphatic carbocycles. The number of rotatable bonds is 4. The van der Waals surface area contributed by atoms with Gasteiger partial charge in [-0.1, -0.05) is 30.1 Å². The average molecular weight is 307 g/mol. The molecule has 1 N–H and O–H groups in total. The van der Waals surface area contributed by atoms with Crippen LogP contribution >= 0.6 is 11.6 Å². The van der Waals surface area contributed by atoms with E-state index in [-0.39, 0.29) is 18.4 Å². The lowest BCUT2D eigenvalue weighted by Gasteiger charge is -2.30. The van der Waals surface area contributed by atoms with Gasteiger partial charge in [0.25, 0.3) is 0 Å². The first-order valence-electron chi connectivity index (χ1n) is 7.46. The minimum atomic E-state index is -0.00364. The molecule has 4 nitrogen and oxygen atoms in total. The maximum absolute atomic E-state index is 12.2. The number of alkyl halides is 1. The zero-order valence-corrected chi connectivity index (χ0v) is 12.6. The molecule has 0 radical (unpaired) electrons. The third-order valence-corrected chi connectivity index (χ3v) is 4.63. The Morgan fingerprint density at radius 3 is 3.00 bits per heavy atom. The number of aromatic nitrogens is 1. The fourth-order valence-electron chi connectivity index (χ4n) is 3.06. The Balaban J connectivity index is 1.66. The van der Waals surface area contributed by atoms with E-state index < -0.39 is 0 Å². The van der Waals surface area contributed by atoms with Gasteiger partial charge in [0.2, 0.25) is 5.91 Å². The lowest BCUT2D eigenvalue weighted by Crippen LogP contribution is -2.43. The number of nitrogens with zero attached hydrogens (tertiary/aromatic N) is 1. The van der Waals surface area contributed by atoms with E-state index in [1.165, 1.54) is 6.42 Å². The van der Waals surface area contributed by atoms with Crippen LogP contribution < -0.4 is 5.32 Å². The summed E-state index contributed by atoms with van der Waals surface area (Å²) in [6.07, 6.45) is 4.73. The van der Waals surface area contributed by atoms with Crippen molar-refractivity contribution in [1.82, 2.24) is 10.5 Å². The van der Waals surface area contributed by atoms with Crippen LogP contribution in [0.1, 0.15) is 31.4 Å². The molecule has 3 rings (SSSR count). The van der Waals surface area contributed by atoms with Crippen LogP contribution in [0, 0.1) is 5.92 Å².